The van der Waals surface area contributed by atoms with Crippen LogP contribution in [-0.4, -0.2) is 31.3 Å². The molecule has 0 fully saturated rings. The Morgan fingerprint density at radius 3 is 2.25 bits per heavy atom. The van der Waals surface area contributed by atoms with Crippen molar-refractivity contribution in [2.24, 2.45) is 0 Å². The molecule has 134 valence electrons. The second-order valence-corrected chi connectivity index (χ2v) is 8.63. The quantitative estimate of drug-likeness (QED) is 0.446. The Bertz CT molecular complexity index is 630. The number of nitrogens with zero attached hydrogens (tertiary/aromatic N) is 1. The summed E-state index contributed by atoms with van der Waals surface area (Å²) in [4.78, 5) is 10.0. The lowest BCUT2D eigenvalue weighted by Gasteiger charge is -2.33. The third-order valence-corrected chi connectivity index (χ3v) is 5.07. The lowest BCUT2D eigenvalue weighted by atomic mass is 9.99. The Labute approximate surface area is 146 Å². The minimum Gasteiger partial charge on any atom is -0.264 e. The van der Waals surface area contributed by atoms with Gasteiger partial charge in [-0.3, -0.25) is 10.1 Å². The minimum atomic E-state index is -4.04. The van der Waals surface area contributed by atoms with Crippen LogP contribution in [0.2, 0.25) is 0 Å². The van der Waals surface area contributed by atoms with E-state index in [0.29, 0.717) is 5.56 Å². The SMILES string of the molecule is CC(C)(C)[S@@](=O)N[C@@](/C=C/c1ccccc1)(C[N+](=O)[O-])C(F)(F)Cl. The van der Waals surface area contributed by atoms with Crippen LogP contribution in [0, 0.1) is 10.1 Å². The van der Waals surface area contributed by atoms with Crippen LogP contribution in [0.15, 0.2) is 36.4 Å². The summed E-state index contributed by atoms with van der Waals surface area (Å²) >= 11 is 5.17. The number of nitrogens with one attached hydrogen (secondary N) is 1. The molecule has 2 atom stereocenters. The van der Waals surface area contributed by atoms with Gasteiger partial charge >= 0.3 is 5.38 Å². The van der Waals surface area contributed by atoms with Gasteiger partial charge in [0.15, 0.2) is 5.54 Å². The summed E-state index contributed by atoms with van der Waals surface area (Å²) in [7, 11) is -2.00. The lowest BCUT2D eigenvalue weighted by molar-refractivity contribution is -0.491. The molecule has 0 aliphatic carbocycles. The first-order valence-electron chi connectivity index (χ1n) is 7.00. The Kier molecular flexibility index (Phi) is 6.60. The molecule has 9 heteroatoms. The van der Waals surface area contributed by atoms with Crippen LogP contribution < -0.4 is 4.72 Å². The number of nitro groups is 1. The van der Waals surface area contributed by atoms with E-state index in [1.165, 1.54) is 6.08 Å². The molecule has 0 aliphatic rings. The summed E-state index contributed by atoms with van der Waals surface area (Å²) in [6, 6.07) is 8.40. The highest BCUT2D eigenvalue weighted by Gasteiger charge is 2.56. The first kappa shape index (κ1) is 20.7. The van der Waals surface area contributed by atoms with Crippen molar-refractivity contribution in [2.75, 3.05) is 6.54 Å². The third-order valence-electron chi connectivity index (χ3n) is 3.08. The highest BCUT2D eigenvalue weighted by atomic mass is 35.5. The molecule has 0 aliphatic heterocycles. The van der Waals surface area contributed by atoms with Gasteiger partial charge in [-0.1, -0.05) is 36.4 Å². The monoisotopic (exact) mass is 380 g/mol. The van der Waals surface area contributed by atoms with Crippen molar-refractivity contribution in [3.63, 3.8) is 0 Å². The smallest absolute Gasteiger partial charge is 0.264 e. The van der Waals surface area contributed by atoms with E-state index >= 15 is 0 Å². The second-order valence-electron chi connectivity index (χ2n) is 6.19. The van der Waals surface area contributed by atoms with Crippen molar-refractivity contribution in [3.05, 3.63) is 52.1 Å². The van der Waals surface area contributed by atoms with E-state index in [2.05, 4.69) is 4.72 Å². The summed E-state index contributed by atoms with van der Waals surface area (Å²) in [6.07, 6.45) is 2.19. The zero-order valence-corrected chi connectivity index (χ0v) is 15.0. The van der Waals surface area contributed by atoms with E-state index < -0.39 is 38.1 Å². The van der Waals surface area contributed by atoms with Crippen LogP contribution in [0.4, 0.5) is 8.78 Å². The van der Waals surface area contributed by atoms with E-state index in [9.17, 15) is 23.1 Å². The van der Waals surface area contributed by atoms with Gasteiger partial charge < -0.3 is 0 Å². The molecule has 24 heavy (non-hydrogen) atoms. The van der Waals surface area contributed by atoms with Gasteiger partial charge in [0, 0.05) is 4.92 Å². The first-order chi connectivity index (χ1) is 10.9. The van der Waals surface area contributed by atoms with Crippen LogP contribution >= 0.6 is 11.6 Å². The van der Waals surface area contributed by atoms with Gasteiger partial charge in [-0.25, -0.2) is 8.93 Å². The van der Waals surface area contributed by atoms with Gasteiger partial charge in [-0.05, 0) is 44.0 Å². The fourth-order valence-electron chi connectivity index (χ4n) is 1.69. The van der Waals surface area contributed by atoms with Crippen molar-refractivity contribution in [1.82, 2.24) is 4.72 Å². The molecule has 1 aromatic carbocycles. The van der Waals surface area contributed by atoms with Crippen molar-refractivity contribution in [2.45, 2.75) is 36.4 Å². The summed E-state index contributed by atoms with van der Waals surface area (Å²) in [5.74, 6) is 0. The number of hydrogen-bond donors (Lipinski definition) is 1. The molecule has 1 aromatic rings. The maximum atomic E-state index is 14.1. The van der Waals surface area contributed by atoms with Gasteiger partial charge in [0.2, 0.25) is 6.54 Å². The summed E-state index contributed by atoms with van der Waals surface area (Å²) in [6.45, 7) is 3.44. The summed E-state index contributed by atoms with van der Waals surface area (Å²) in [5, 5.41) is 6.91. The molecule has 0 saturated heterocycles. The predicted molar refractivity (Wildman–Crippen MR) is 91.9 cm³/mol. The first-order valence-corrected chi connectivity index (χ1v) is 8.53. The zero-order valence-electron chi connectivity index (χ0n) is 13.5. The lowest BCUT2D eigenvalue weighted by Crippen LogP contribution is -2.61. The molecule has 0 unspecified atom stereocenters. The topological polar surface area (TPSA) is 72.2 Å². The Morgan fingerprint density at radius 2 is 1.83 bits per heavy atom. The van der Waals surface area contributed by atoms with Crippen molar-refractivity contribution in [3.8, 4) is 0 Å². The van der Waals surface area contributed by atoms with Crippen molar-refractivity contribution in [1.29, 1.82) is 0 Å². The number of halogens is 3. The molecule has 1 N–H and O–H groups in total. The Morgan fingerprint density at radius 1 is 1.29 bits per heavy atom. The van der Waals surface area contributed by atoms with E-state index in [1.54, 1.807) is 51.1 Å². The summed E-state index contributed by atoms with van der Waals surface area (Å²) in [5.41, 5.74) is -2.05. The maximum Gasteiger partial charge on any atom is 0.350 e. The van der Waals surface area contributed by atoms with E-state index in [0.717, 1.165) is 6.08 Å². The molecule has 0 heterocycles. The molecule has 1 rings (SSSR count). The molecule has 0 bridgehead atoms. The predicted octanol–water partition coefficient (Wildman–Crippen LogP) is 3.60. The molecule has 5 nitrogen and oxygen atoms in total. The van der Waals surface area contributed by atoms with Gasteiger partial charge in [0.1, 0.15) is 0 Å². The highest BCUT2D eigenvalue weighted by Crippen LogP contribution is 2.36. The molecular formula is C15H19ClF2N2O3S. The minimum absolute atomic E-state index is 0.550. The van der Waals surface area contributed by atoms with E-state index in [1.807, 2.05) is 0 Å². The van der Waals surface area contributed by atoms with Gasteiger partial charge in [0.05, 0.1) is 15.7 Å². The highest BCUT2D eigenvalue weighted by molar-refractivity contribution is 7.84. The molecule has 0 radical (unpaired) electrons. The fourth-order valence-corrected chi connectivity index (χ4v) is 2.81. The van der Waals surface area contributed by atoms with Crippen LogP contribution in [0.5, 0.6) is 0 Å². The van der Waals surface area contributed by atoms with E-state index in [4.69, 9.17) is 11.6 Å². The van der Waals surface area contributed by atoms with Crippen LogP contribution in [0.3, 0.4) is 0 Å². The Balaban J connectivity index is 3.33. The van der Waals surface area contributed by atoms with Crippen LogP contribution in [0.25, 0.3) is 6.08 Å². The van der Waals surface area contributed by atoms with E-state index in [-0.39, 0.29) is 0 Å². The molecule has 0 amide bonds. The average molecular weight is 381 g/mol. The number of alkyl halides is 3. The van der Waals surface area contributed by atoms with Gasteiger partial charge in [-0.2, -0.15) is 8.78 Å². The van der Waals surface area contributed by atoms with Gasteiger partial charge in [0.25, 0.3) is 0 Å². The zero-order chi connectivity index (χ0) is 18.6. The second kappa shape index (κ2) is 7.67. The van der Waals surface area contributed by atoms with Crippen molar-refractivity contribution < 1.29 is 17.9 Å². The Hall–Kier alpha value is -1.38. The molecular weight excluding hydrogens is 362 g/mol. The largest absolute Gasteiger partial charge is 0.350 e. The molecule has 0 aromatic heterocycles. The van der Waals surface area contributed by atoms with Crippen molar-refractivity contribution >= 4 is 28.7 Å². The molecule has 0 saturated carbocycles. The normalized spacial score (nSPS) is 16.8. The van der Waals surface area contributed by atoms with Crippen LogP contribution in [-0.2, 0) is 11.0 Å². The molecule has 0 spiro atoms. The fraction of sp³-hybridized carbons (Fsp3) is 0.467. The number of benzene rings is 1. The van der Waals surface area contributed by atoms with Crippen LogP contribution in [0.1, 0.15) is 26.3 Å². The average Bonchev–Trinajstić information content (AvgIpc) is 2.43. The maximum absolute atomic E-state index is 14.1. The number of rotatable bonds is 7. The van der Waals surface area contributed by atoms with Gasteiger partial charge in [-0.15, -0.1) is 0 Å². The summed E-state index contributed by atoms with van der Waals surface area (Å²) < 4.78 is 41.7. The third kappa shape index (κ3) is 5.61. The standard InChI is InChI=1S/C15H19ClF2N2O3S/c1-13(2,3)24(23)19-14(11-20(21)22,15(16,17)18)10-9-12-7-5-4-6-8-12/h4-10,19H,11H2,1-3H3/b10-9+/t14-,24+/m0/s1. The number of hydrogen-bond acceptors (Lipinski definition) is 3.